The summed E-state index contributed by atoms with van der Waals surface area (Å²) in [6, 6.07) is 7.84. The Bertz CT molecular complexity index is 1670. The van der Waals surface area contributed by atoms with E-state index in [0.29, 0.717) is 55.8 Å². The summed E-state index contributed by atoms with van der Waals surface area (Å²) in [4.78, 5) is 18.1. The number of alkyl halides is 1. The lowest BCUT2D eigenvalue weighted by Crippen LogP contribution is -2.51. The molecule has 3 aliphatic rings. The number of fused-ring (bicyclic) bond motifs is 3. The highest BCUT2D eigenvalue weighted by Gasteiger charge is 2.49. The molecule has 0 radical (unpaired) electrons. The summed E-state index contributed by atoms with van der Waals surface area (Å²) < 4.78 is 38.8. The van der Waals surface area contributed by atoms with E-state index in [1.807, 2.05) is 30.1 Å². The molecule has 0 unspecified atom stereocenters. The number of nitrogens with one attached hydrogen (secondary N) is 1. The summed E-state index contributed by atoms with van der Waals surface area (Å²) in [5.74, 6) is -0.0551. The number of nitriles is 1. The van der Waals surface area contributed by atoms with Crippen molar-refractivity contribution in [2.75, 3.05) is 44.2 Å². The molecule has 1 aromatic carbocycles. The minimum Gasteiger partial charge on any atom is -0.461 e. The lowest BCUT2D eigenvalue weighted by atomic mass is 9.95. The van der Waals surface area contributed by atoms with Crippen molar-refractivity contribution in [3.05, 3.63) is 36.4 Å². The maximum absolute atomic E-state index is 16.5. The van der Waals surface area contributed by atoms with Crippen LogP contribution >= 0.6 is 0 Å². The second-order valence-corrected chi connectivity index (χ2v) is 11.3. The molecule has 3 aromatic heterocycles. The van der Waals surface area contributed by atoms with Crippen molar-refractivity contribution in [1.82, 2.24) is 34.9 Å². The normalized spacial score (nSPS) is 24.7. The molecule has 7 rings (SSSR count). The fraction of sp³-hybridized carbons (Fsp3) is 0.483. The van der Waals surface area contributed by atoms with Crippen LogP contribution in [-0.2, 0) is 7.05 Å². The maximum atomic E-state index is 16.5. The number of para-hydroxylation sites is 1. The monoisotopic (exact) mass is 559 g/mol. The zero-order chi connectivity index (χ0) is 28.1. The fourth-order valence-corrected chi connectivity index (χ4v) is 6.85. The third kappa shape index (κ3) is 4.44. The molecule has 3 aliphatic heterocycles. The predicted octanol–water partition coefficient (Wildman–Crippen LogP) is 3.36. The number of ether oxygens (including phenoxy) is 1. The Morgan fingerprint density at radius 2 is 2.12 bits per heavy atom. The lowest BCUT2D eigenvalue weighted by molar-refractivity contribution is 0.107. The number of piperazine rings is 1. The largest absolute Gasteiger partial charge is 0.461 e. The van der Waals surface area contributed by atoms with E-state index < -0.39 is 12.0 Å². The van der Waals surface area contributed by atoms with E-state index in [9.17, 15) is 9.65 Å². The third-order valence-corrected chi connectivity index (χ3v) is 8.78. The van der Waals surface area contributed by atoms with Crippen LogP contribution in [0, 0.1) is 17.1 Å². The summed E-state index contributed by atoms with van der Waals surface area (Å²) in [5.41, 5.74) is 1.28. The van der Waals surface area contributed by atoms with Crippen molar-refractivity contribution < 1.29 is 13.5 Å². The molecule has 3 atom stereocenters. The fourth-order valence-electron chi connectivity index (χ4n) is 6.85. The van der Waals surface area contributed by atoms with Gasteiger partial charge in [-0.15, -0.1) is 0 Å². The number of anilines is 1. The van der Waals surface area contributed by atoms with Crippen LogP contribution in [0.2, 0.25) is 0 Å². The summed E-state index contributed by atoms with van der Waals surface area (Å²) in [5, 5.41) is 18.3. The van der Waals surface area contributed by atoms with Gasteiger partial charge in [0, 0.05) is 62.8 Å². The molecule has 41 heavy (non-hydrogen) atoms. The van der Waals surface area contributed by atoms with Crippen LogP contribution in [0.5, 0.6) is 6.01 Å². The molecule has 0 saturated carbocycles. The van der Waals surface area contributed by atoms with Crippen LogP contribution in [0.3, 0.4) is 0 Å². The molecule has 10 nitrogen and oxygen atoms in total. The second-order valence-electron chi connectivity index (χ2n) is 11.3. The average Bonchev–Trinajstić information content (AvgIpc) is 3.64. The van der Waals surface area contributed by atoms with Gasteiger partial charge in [0.05, 0.1) is 35.1 Å². The van der Waals surface area contributed by atoms with Gasteiger partial charge in [-0.2, -0.15) is 20.3 Å². The number of pyridine rings is 1. The molecule has 0 spiro atoms. The van der Waals surface area contributed by atoms with Crippen LogP contribution in [-0.4, -0.2) is 86.7 Å². The Kier molecular flexibility index (Phi) is 6.43. The zero-order valence-corrected chi connectivity index (χ0v) is 22.9. The van der Waals surface area contributed by atoms with Gasteiger partial charge in [0.15, 0.2) is 5.82 Å². The van der Waals surface area contributed by atoms with Gasteiger partial charge >= 0.3 is 6.01 Å². The molecule has 212 valence electrons. The molecule has 3 fully saturated rings. The first-order valence-electron chi connectivity index (χ1n) is 14.1. The Morgan fingerprint density at radius 1 is 1.22 bits per heavy atom. The van der Waals surface area contributed by atoms with Crippen LogP contribution in [0.25, 0.3) is 33.1 Å². The van der Waals surface area contributed by atoms with E-state index in [1.54, 1.807) is 17.1 Å². The summed E-state index contributed by atoms with van der Waals surface area (Å²) in [6.45, 7) is 3.30. The first-order chi connectivity index (χ1) is 20.0. The van der Waals surface area contributed by atoms with E-state index >= 15 is 4.39 Å². The van der Waals surface area contributed by atoms with Gasteiger partial charge in [-0.05, 0) is 19.4 Å². The highest BCUT2D eigenvalue weighted by atomic mass is 19.1. The number of rotatable bonds is 6. The lowest BCUT2D eigenvalue weighted by Gasteiger charge is -2.34. The van der Waals surface area contributed by atoms with Crippen molar-refractivity contribution in [2.45, 2.75) is 43.4 Å². The molecule has 4 aromatic rings. The Labute approximate surface area is 235 Å². The number of aryl methyl sites for hydroxylation is 1. The van der Waals surface area contributed by atoms with E-state index in [1.165, 1.54) is 0 Å². The smallest absolute Gasteiger partial charge is 0.319 e. The summed E-state index contributed by atoms with van der Waals surface area (Å²) in [6.07, 6.45) is 5.07. The van der Waals surface area contributed by atoms with E-state index in [0.717, 1.165) is 30.3 Å². The van der Waals surface area contributed by atoms with Gasteiger partial charge in [-0.25, -0.2) is 8.78 Å². The van der Waals surface area contributed by atoms with E-state index in [-0.39, 0.29) is 35.4 Å². The van der Waals surface area contributed by atoms with Crippen molar-refractivity contribution in [3.8, 4) is 23.3 Å². The minimum atomic E-state index is -0.884. The van der Waals surface area contributed by atoms with Gasteiger partial charge in [-0.1, -0.05) is 18.2 Å². The molecule has 6 heterocycles. The number of hydrogen-bond acceptors (Lipinski definition) is 9. The van der Waals surface area contributed by atoms with Crippen molar-refractivity contribution in [1.29, 1.82) is 5.26 Å². The highest BCUT2D eigenvalue weighted by molar-refractivity contribution is 5.97. The number of halogens is 2. The molecule has 0 amide bonds. The molecule has 0 aliphatic carbocycles. The first-order valence-corrected chi connectivity index (χ1v) is 14.1. The van der Waals surface area contributed by atoms with Gasteiger partial charge in [-0.3, -0.25) is 14.6 Å². The molecular formula is C29H31F2N9O. The van der Waals surface area contributed by atoms with E-state index in [4.69, 9.17) is 9.72 Å². The van der Waals surface area contributed by atoms with Gasteiger partial charge in [0.2, 0.25) is 0 Å². The van der Waals surface area contributed by atoms with Crippen LogP contribution in [0.1, 0.15) is 25.7 Å². The Morgan fingerprint density at radius 3 is 3.00 bits per heavy atom. The SMILES string of the molecule is Cn1ncc2cccc(-c3ncc4c(N5CCN[C@@H](CC#N)C5)nc(OC[C@@]56CCCN5C[C@H](F)C6)nc4c3F)c21. The Balaban J connectivity index is 1.33. The summed E-state index contributed by atoms with van der Waals surface area (Å²) >= 11 is 0. The molecule has 12 heteroatoms. The second kappa shape index (κ2) is 10.2. The van der Waals surface area contributed by atoms with Crippen LogP contribution in [0.15, 0.2) is 30.6 Å². The summed E-state index contributed by atoms with van der Waals surface area (Å²) in [7, 11) is 1.82. The average molecular weight is 560 g/mol. The number of aromatic nitrogens is 5. The number of hydrogen-bond donors (Lipinski definition) is 1. The molecule has 3 saturated heterocycles. The molecule has 1 N–H and O–H groups in total. The molecular weight excluding hydrogens is 528 g/mol. The predicted molar refractivity (Wildman–Crippen MR) is 150 cm³/mol. The minimum absolute atomic E-state index is 0.0476. The maximum Gasteiger partial charge on any atom is 0.319 e. The van der Waals surface area contributed by atoms with Gasteiger partial charge in [0.25, 0.3) is 0 Å². The van der Waals surface area contributed by atoms with Crippen molar-refractivity contribution >= 4 is 27.6 Å². The van der Waals surface area contributed by atoms with Crippen LogP contribution < -0.4 is 15.0 Å². The third-order valence-electron chi connectivity index (χ3n) is 8.78. The van der Waals surface area contributed by atoms with Gasteiger partial charge in [0.1, 0.15) is 29.8 Å². The standard InChI is InChI=1S/C29H31F2N9O/c1-38-26-18(13-35-38)4-2-5-21(26)24-23(31)25-22(14-34-24)27(39-11-9-33-20(16-39)6-8-32)37-28(36-25)41-17-29-7-3-10-40(29)15-19(30)12-29/h2,4-5,13-14,19-20,33H,3,6-7,9-12,15-17H2,1H3/t19-,20+,29+/m1/s1. The van der Waals surface area contributed by atoms with Crippen molar-refractivity contribution in [3.63, 3.8) is 0 Å². The van der Waals surface area contributed by atoms with E-state index in [2.05, 4.69) is 31.4 Å². The quantitative estimate of drug-likeness (QED) is 0.380. The number of benzene rings is 1. The molecule has 0 bridgehead atoms. The Hall–Kier alpha value is -3.95. The number of nitrogens with zero attached hydrogens (tertiary/aromatic N) is 8. The van der Waals surface area contributed by atoms with Gasteiger partial charge < -0.3 is 15.0 Å². The topological polar surface area (TPSA) is 108 Å². The van der Waals surface area contributed by atoms with Crippen LogP contribution in [0.4, 0.5) is 14.6 Å². The zero-order valence-electron chi connectivity index (χ0n) is 22.9. The first kappa shape index (κ1) is 26.0. The highest BCUT2D eigenvalue weighted by Crippen LogP contribution is 2.41. The van der Waals surface area contributed by atoms with Crippen molar-refractivity contribution in [2.24, 2.45) is 7.05 Å².